The zero-order valence-electron chi connectivity index (χ0n) is 11.2. The van der Waals surface area contributed by atoms with Gasteiger partial charge in [-0.1, -0.05) is 31.0 Å². The van der Waals surface area contributed by atoms with Gasteiger partial charge in [0.1, 0.15) is 0 Å². The molecule has 19 heavy (non-hydrogen) atoms. The van der Waals surface area contributed by atoms with Crippen LogP contribution in [0.2, 0.25) is 0 Å². The molecule has 1 heterocycles. The van der Waals surface area contributed by atoms with Crippen molar-refractivity contribution in [1.82, 2.24) is 0 Å². The van der Waals surface area contributed by atoms with E-state index < -0.39 is 0 Å². The fraction of sp³-hybridized carbons (Fsp3) is 0.562. The maximum atomic E-state index is 12.1. The van der Waals surface area contributed by atoms with E-state index in [1.54, 1.807) is 0 Å². The summed E-state index contributed by atoms with van der Waals surface area (Å²) in [5.41, 5.74) is 2.37. The molecule has 0 amide bonds. The molecule has 1 aromatic carbocycles. The number of carbonyl (C=O) groups is 1. The third kappa shape index (κ3) is 2.91. The first-order chi connectivity index (χ1) is 9.33. The Morgan fingerprint density at radius 1 is 1.26 bits per heavy atom. The topological polar surface area (TPSA) is 38.3 Å². The summed E-state index contributed by atoms with van der Waals surface area (Å²) in [4.78, 5) is 12.1. The summed E-state index contributed by atoms with van der Waals surface area (Å²) in [5.74, 6) is 0.540. The van der Waals surface area contributed by atoms with E-state index in [4.69, 9.17) is 4.74 Å². The second kappa shape index (κ2) is 5.64. The number of anilines is 1. The fourth-order valence-corrected chi connectivity index (χ4v) is 3.10. The highest BCUT2D eigenvalue weighted by molar-refractivity contribution is 5.75. The highest BCUT2D eigenvalue weighted by Crippen LogP contribution is 2.27. The average Bonchev–Trinajstić information content (AvgIpc) is 2.97. The van der Waals surface area contributed by atoms with Gasteiger partial charge in [0.2, 0.25) is 0 Å². The van der Waals surface area contributed by atoms with Crippen molar-refractivity contribution in [2.75, 3.05) is 18.5 Å². The van der Waals surface area contributed by atoms with Gasteiger partial charge in [-0.25, -0.2) is 0 Å². The molecular formula is C16H21NO2. The summed E-state index contributed by atoms with van der Waals surface area (Å²) in [6, 6.07) is 8.19. The quantitative estimate of drug-likeness (QED) is 0.848. The zero-order valence-corrected chi connectivity index (χ0v) is 11.2. The Kier molecular flexibility index (Phi) is 3.72. The number of para-hydroxylation sites is 1. The summed E-state index contributed by atoms with van der Waals surface area (Å²) in [6.07, 6.45) is 5.83. The van der Waals surface area contributed by atoms with Gasteiger partial charge < -0.3 is 10.1 Å². The van der Waals surface area contributed by atoms with Crippen LogP contribution in [0.3, 0.4) is 0 Å². The molecule has 1 aliphatic carbocycles. The lowest BCUT2D eigenvalue weighted by atomic mass is 9.94. The lowest BCUT2D eigenvalue weighted by molar-refractivity contribution is -0.149. The third-order valence-corrected chi connectivity index (χ3v) is 4.29. The molecule has 0 saturated heterocycles. The second-order valence-corrected chi connectivity index (χ2v) is 5.72. The molecule has 1 aliphatic heterocycles. The number of nitrogens with one attached hydrogen (secondary N) is 1. The van der Waals surface area contributed by atoms with E-state index in [1.165, 1.54) is 31.2 Å². The minimum atomic E-state index is -0.0334. The zero-order chi connectivity index (χ0) is 13.1. The molecule has 3 heteroatoms. The van der Waals surface area contributed by atoms with Gasteiger partial charge in [-0.15, -0.1) is 0 Å². The van der Waals surface area contributed by atoms with Crippen LogP contribution < -0.4 is 5.32 Å². The minimum Gasteiger partial charge on any atom is -0.465 e. The Bertz CT molecular complexity index is 452. The molecular weight excluding hydrogens is 238 g/mol. The van der Waals surface area contributed by atoms with Gasteiger partial charge in [-0.05, 0) is 36.8 Å². The van der Waals surface area contributed by atoms with Crippen LogP contribution in [0.25, 0.3) is 0 Å². The van der Waals surface area contributed by atoms with E-state index in [0.29, 0.717) is 19.1 Å². The van der Waals surface area contributed by atoms with Crippen LogP contribution in [0.15, 0.2) is 24.3 Å². The lowest BCUT2D eigenvalue weighted by Crippen LogP contribution is -2.31. The van der Waals surface area contributed by atoms with E-state index in [0.717, 1.165) is 12.1 Å². The molecule has 102 valence electrons. The third-order valence-electron chi connectivity index (χ3n) is 4.29. The normalized spacial score (nSPS) is 22.6. The van der Waals surface area contributed by atoms with Gasteiger partial charge in [0.15, 0.2) is 0 Å². The van der Waals surface area contributed by atoms with Crippen molar-refractivity contribution >= 4 is 11.7 Å². The Labute approximate surface area is 114 Å². The number of esters is 1. The molecule has 1 atom stereocenters. The van der Waals surface area contributed by atoms with Crippen molar-refractivity contribution in [3.63, 3.8) is 0 Å². The van der Waals surface area contributed by atoms with Crippen molar-refractivity contribution < 1.29 is 9.53 Å². The van der Waals surface area contributed by atoms with E-state index in [1.807, 2.05) is 12.1 Å². The highest BCUT2D eigenvalue weighted by atomic mass is 16.5. The highest BCUT2D eigenvalue weighted by Gasteiger charge is 2.26. The molecule has 1 N–H and O–H groups in total. The van der Waals surface area contributed by atoms with Crippen LogP contribution >= 0.6 is 0 Å². The predicted octanol–water partition coefficient (Wildman–Crippen LogP) is 3.00. The largest absolute Gasteiger partial charge is 0.465 e. The van der Waals surface area contributed by atoms with Gasteiger partial charge in [-0.2, -0.15) is 0 Å². The van der Waals surface area contributed by atoms with Crippen LogP contribution in [0.5, 0.6) is 0 Å². The molecule has 1 fully saturated rings. The molecule has 0 spiro atoms. The minimum absolute atomic E-state index is 0.0312. The Morgan fingerprint density at radius 2 is 2.05 bits per heavy atom. The Balaban J connectivity index is 1.54. The standard InChI is InChI=1S/C16H21NO2/c18-16(19-11-12-5-1-2-6-12)14-9-13-7-3-4-8-15(13)17-10-14/h3-4,7-8,12,14,17H,1-2,5-6,9-11H2. The summed E-state index contributed by atoms with van der Waals surface area (Å²) >= 11 is 0. The molecule has 1 aromatic rings. The van der Waals surface area contributed by atoms with Gasteiger partial charge in [0, 0.05) is 12.2 Å². The van der Waals surface area contributed by atoms with E-state index in [-0.39, 0.29) is 11.9 Å². The number of fused-ring (bicyclic) bond motifs is 1. The first kappa shape index (κ1) is 12.5. The fourth-order valence-electron chi connectivity index (χ4n) is 3.10. The molecule has 0 aromatic heterocycles. The van der Waals surface area contributed by atoms with Gasteiger partial charge >= 0.3 is 5.97 Å². The number of hydrogen-bond donors (Lipinski definition) is 1. The van der Waals surface area contributed by atoms with E-state index >= 15 is 0 Å². The van der Waals surface area contributed by atoms with Gasteiger partial charge in [0.25, 0.3) is 0 Å². The van der Waals surface area contributed by atoms with Crippen molar-refractivity contribution in [2.24, 2.45) is 11.8 Å². The smallest absolute Gasteiger partial charge is 0.311 e. The number of ether oxygens (including phenoxy) is 1. The first-order valence-corrected chi connectivity index (χ1v) is 7.31. The molecule has 0 radical (unpaired) electrons. The van der Waals surface area contributed by atoms with Crippen LogP contribution in [-0.2, 0) is 16.0 Å². The van der Waals surface area contributed by atoms with Crippen LogP contribution in [0, 0.1) is 11.8 Å². The summed E-state index contributed by atoms with van der Waals surface area (Å²) in [5, 5.41) is 3.32. The molecule has 0 bridgehead atoms. The molecule has 3 nitrogen and oxygen atoms in total. The molecule has 3 rings (SSSR count). The average molecular weight is 259 g/mol. The number of carbonyl (C=O) groups excluding carboxylic acids is 1. The number of benzene rings is 1. The van der Waals surface area contributed by atoms with Crippen LogP contribution in [-0.4, -0.2) is 19.1 Å². The maximum Gasteiger partial charge on any atom is 0.311 e. The number of rotatable bonds is 3. The second-order valence-electron chi connectivity index (χ2n) is 5.72. The van der Waals surface area contributed by atoms with Gasteiger partial charge in [0.05, 0.1) is 12.5 Å². The lowest BCUT2D eigenvalue weighted by Gasteiger charge is -2.25. The number of hydrogen-bond acceptors (Lipinski definition) is 3. The monoisotopic (exact) mass is 259 g/mol. The summed E-state index contributed by atoms with van der Waals surface area (Å²) in [6.45, 7) is 1.32. The van der Waals surface area contributed by atoms with Crippen LogP contribution in [0.1, 0.15) is 31.2 Å². The summed E-state index contributed by atoms with van der Waals surface area (Å²) < 4.78 is 5.50. The van der Waals surface area contributed by atoms with Crippen molar-refractivity contribution in [2.45, 2.75) is 32.1 Å². The SMILES string of the molecule is O=C(OCC1CCCC1)C1CNc2ccccc2C1. The first-order valence-electron chi connectivity index (χ1n) is 7.31. The van der Waals surface area contributed by atoms with Crippen molar-refractivity contribution in [3.8, 4) is 0 Å². The Hall–Kier alpha value is -1.51. The van der Waals surface area contributed by atoms with Crippen molar-refractivity contribution in [1.29, 1.82) is 0 Å². The molecule has 1 unspecified atom stereocenters. The Morgan fingerprint density at radius 3 is 2.89 bits per heavy atom. The van der Waals surface area contributed by atoms with Crippen molar-refractivity contribution in [3.05, 3.63) is 29.8 Å². The van der Waals surface area contributed by atoms with E-state index in [9.17, 15) is 4.79 Å². The predicted molar refractivity (Wildman–Crippen MR) is 75.0 cm³/mol. The summed E-state index contributed by atoms with van der Waals surface area (Å²) in [7, 11) is 0. The molecule has 2 aliphatic rings. The van der Waals surface area contributed by atoms with Gasteiger partial charge in [-0.3, -0.25) is 4.79 Å². The maximum absolute atomic E-state index is 12.1. The van der Waals surface area contributed by atoms with Crippen LogP contribution in [0.4, 0.5) is 5.69 Å². The van der Waals surface area contributed by atoms with E-state index in [2.05, 4.69) is 17.4 Å². The molecule has 1 saturated carbocycles.